The van der Waals surface area contributed by atoms with E-state index in [0.717, 1.165) is 11.1 Å². The number of likely N-dealkylation sites (tertiary alicyclic amines) is 1. The molecule has 1 aliphatic rings. The number of benzene rings is 2. The standard InChI is InChI=1S/C24H27Cl2NO6/c1-3-24(22(28)29)14-27(23(30)31)9-8-18(24)16-4-6-17(7-5-16)32-10-11-33-21-19(25)12-15(2)13-20(21)26/h4-7,12-13,18H,3,8-11,14H2,1-2H3,(H,28,29)(H,30,31). The van der Waals surface area contributed by atoms with Gasteiger partial charge in [0.15, 0.2) is 5.75 Å². The largest absolute Gasteiger partial charge is 0.490 e. The van der Waals surface area contributed by atoms with Gasteiger partial charge in [-0.05, 0) is 55.2 Å². The average Bonchev–Trinajstić information content (AvgIpc) is 2.77. The summed E-state index contributed by atoms with van der Waals surface area (Å²) in [6.07, 6.45) is -0.318. The first-order valence-electron chi connectivity index (χ1n) is 10.7. The molecule has 0 spiro atoms. The summed E-state index contributed by atoms with van der Waals surface area (Å²) in [7, 11) is 0. The second kappa shape index (κ2) is 10.5. The summed E-state index contributed by atoms with van der Waals surface area (Å²) in [5.74, 6) is -0.241. The minimum absolute atomic E-state index is 0.0292. The van der Waals surface area contributed by atoms with E-state index in [1.54, 1.807) is 31.2 Å². The van der Waals surface area contributed by atoms with Crippen LogP contribution in [-0.4, -0.2) is 53.5 Å². The zero-order valence-electron chi connectivity index (χ0n) is 18.5. The van der Waals surface area contributed by atoms with Crippen molar-refractivity contribution in [2.45, 2.75) is 32.6 Å². The van der Waals surface area contributed by atoms with Gasteiger partial charge in [-0.15, -0.1) is 0 Å². The predicted octanol–water partition coefficient (Wildman–Crippen LogP) is 5.71. The Morgan fingerprint density at radius 3 is 2.24 bits per heavy atom. The Bertz CT molecular complexity index is 990. The number of aryl methyl sites for hydroxylation is 1. The first-order chi connectivity index (χ1) is 15.7. The van der Waals surface area contributed by atoms with Gasteiger partial charge in [0.2, 0.25) is 0 Å². The molecule has 0 saturated carbocycles. The maximum Gasteiger partial charge on any atom is 0.407 e. The highest BCUT2D eigenvalue weighted by molar-refractivity contribution is 6.37. The van der Waals surface area contributed by atoms with Crippen LogP contribution >= 0.6 is 23.2 Å². The monoisotopic (exact) mass is 495 g/mol. The molecule has 2 atom stereocenters. The molecule has 0 radical (unpaired) electrons. The van der Waals surface area contributed by atoms with E-state index in [4.69, 9.17) is 32.7 Å². The number of halogens is 2. The zero-order chi connectivity index (χ0) is 24.2. The fraction of sp³-hybridized carbons (Fsp3) is 0.417. The van der Waals surface area contributed by atoms with Crippen molar-refractivity contribution >= 4 is 35.3 Å². The lowest BCUT2D eigenvalue weighted by Crippen LogP contribution is -2.53. The average molecular weight is 496 g/mol. The molecule has 2 N–H and O–H groups in total. The lowest BCUT2D eigenvalue weighted by atomic mass is 9.66. The first-order valence-corrected chi connectivity index (χ1v) is 11.5. The van der Waals surface area contributed by atoms with Crippen LogP contribution in [0.1, 0.15) is 36.8 Å². The van der Waals surface area contributed by atoms with E-state index in [-0.39, 0.29) is 25.7 Å². The molecule has 2 aromatic carbocycles. The van der Waals surface area contributed by atoms with E-state index in [0.29, 0.717) is 40.9 Å². The van der Waals surface area contributed by atoms with Crippen molar-refractivity contribution in [3.8, 4) is 11.5 Å². The summed E-state index contributed by atoms with van der Waals surface area (Å²) in [4.78, 5) is 24.8. The maximum atomic E-state index is 12.2. The molecule has 178 valence electrons. The lowest BCUT2D eigenvalue weighted by molar-refractivity contribution is -0.154. The molecule has 0 bridgehead atoms. The van der Waals surface area contributed by atoms with Crippen molar-refractivity contribution in [2.24, 2.45) is 5.41 Å². The fourth-order valence-electron chi connectivity index (χ4n) is 4.39. The van der Waals surface area contributed by atoms with E-state index < -0.39 is 17.5 Å². The molecule has 1 saturated heterocycles. The molecule has 1 fully saturated rings. The van der Waals surface area contributed by atoms with Gasteiger partial charge in [0.1, 0.15) is 19.0 Å². The Balaban J connectivity index is 1.63. The second-order valence-corrected chi connectivity index (χ2v) is 9.00. The van der Waals surface area contributed by atoms with Crippen LogP contribution in [0.4, 0.5) is 4.79 Å². The smallest absolute Gasteiger partial charge is 0.407 e. The van der Waals surface area contributed by atoms with Crippen molar-refractivity contribution in [1.82, 2.24) is 4.90 Å². The molecular formula is C24H27Cl2NO6. The highest BCUT2D eigenvalue weighted by Crippen LogP contribution is 2.46. The van der Waals surface area contributed by atoms with E-state index in [2.05, 4.69) is 0 Å². The number of carbonyl (C=O) groups is 2. The molecule has 2 aromatic rings. The normalized spacial score (nSPS) is 20.4. The fourth-order valence-corrected chi connectivity index (χ4v) is 5.10. The highest BCUT2D eigenvalue weighted by Gasteiger charge is 2.49. The van der Waals surface area contributed by atoms with Crippen LogP contribution in [0.5, 0.6) is 11.5 Å². The van der Waals surface area contributed by atoms with Gasteiger partial charge in [-0.1, -0.05) is 42.3 Å². The van der Waals surface area contributed by atoms with Crippen molar-refractivity contribution < 1.29 is 29.3 Å². The van der Waals surface area contributed by atoms with Gasteiger partial charge in [0.25, 0.3) is 0 Å². The molecule has 1 amide bonds. The molecule has 33 heavy (non-hydrogen) atoms. The zero-order valence-corrected chi connectivity index (χ0v) is 20.0. The number of rotatable bonds is 8. The lowest BCUT2D eigenvalue weighted by Gasteiger charge is -2.44. The molecule has 9 heteroatoms. The van der Waals surface area contributed by atoms with Crippen LogP contribution < -0.4 is 9.47 Å². The number of hydrogen-bond acceptors (Lipinski definition) is 4. The molecule has 3 rings (SSSR count). The number of nitrogens with zero attached hydrogens (tertiary/aromatic N) is 1. The minimum atomic E-state index is -1.17. The minimum Gasteiger partial charge on any atom is -0.490 e. The van der Waals surface area contributed by atoms with Gasteiger partial charge in [0.05, 0.1) is 15.5 Å². The van der Waals surface area contributed by atoms with Gasteiger partial charge in [-0.3, -0.25) is 4.79 Å². The summed E-state index contributed by atoms with van der Waals surface area (Å²) in [5, 5.41) is 20.2. The number of amides is 1. The topological polar surface area (TPSA) is 96.3 Å². The Kier molecular flexibility index (Phi) is 7.97. The Morgan fingerprint density at radius 1 is 1.09 bits per heavy atom. The van der Waals surface area contributed by atoms with Crippen LogP contribution in [-0.2, 0) is 4.79 Å². The van der Waals surface area contributed by atoms with Gasteiger partial charge < -0.3 is 24.6 Å². The number of ether oxygens (including phenoxy) is 2. The van der Waals surface area contributed by atoms with Crippen molar-refractivity contribution in [3.63, 3.8) is 0 Å². The van der Waals surface area contributed by atoms with Gasteiger partial charge >= 0.3 is 12.1 Å². The van der Waals surface area contributed by atoms with Gasteiger partial charge in [0, 0.05) is 19.0 Å². The summed E-state index contributed by atoms with van der Waals surface area (Å²) in [5.41, 5.74) is 0.628. The Hall–Kier alpha value is -2.64. The van der Waals surface area contributed by atoms with E-state index in [9.17, 15) is 19.8 Å². The molecule has 2 unspecified atom stereocenters. The third-order valence-electron chi connectivity index (χ3n) is 6.18. The number of piperidine rings is 1. The summed E-state index contributed by atoms with van der Waals surface area (Å²) >= 11 is 12.4. The quantitative estimate of drug-likeness (QED) is 0.455. The SMILES string of the molecule is CCC1(C(=O)O)CN(C(=O)O)CCC1c1ccc(OCCOc2c(Cl)cc(C)cc2Cl)cc1. The van der Waals surface area contributed by atoms with Crippen LogP contribution in [0.15, 0.2) is 36.4 Å². The summed E-state index contributed by atoms with van der Waals surface area (Å²) < 4.78 is 11.4. The van der Waals surface area contributed by atoms with Crippen molar-refractivity contribution in [1.29, 1.82) is 0 Å². The van der Waals surface area contributed by atoms with E-state index >= 15 is 0 Å². The number of carboxylic acid groups (broad SMARTS) is 2. The van der Waals surface area contributed by atoms with Crippen LogP contribution in [0, 0.1) is 12.3 Å². The van der Waals surface area contributed by atoms with Gasteiger partial charge in [-0.2, -0.15) is 0 Å². The number of carboxylic acids is 1. The van der Waals surface area contributed by atoms with Crippen molar-refractivity contribution in [2.75, 3.05) is 26.3 Å². The molecule has 0 aromatic heterocycles. The summed E-state index contributed by atoms with van der Waals surface area (Å²) in [6, 6.07) is 10.8. The summed E-state index contributed by atoms with van der Waals surface area (Å²) in [6.45, 7) is 4.47. The van der Waals surface area contributed by atoms with Gasteiger partial charge in [-0.25, -0.2) is 4.79 Å². The molecule has 0 aliphatic carbocycles. The van der Waals surface area contributed by atoms with E-state index in [1.807, 2.05) is 19.1 Å². The maximum absolute atomic E-state index is 12.2. The first kappa shape index (κ1) is 25.0. The predicted molar refractivity (Wildman–Crippen MR) is 126 cm³/mol. The second-order valence-electron chi connectivity index (χ2n) is 8.18. The van der Waals surface area contributed by atoms with Crippen LogP contribution in [0.25, 0.3) is 0 Å². The molecule has 1 aliphatic heterocycles. The Morgan fingerprint density at radius 2 is 1.70 bits per heavy atom. The molecule has 7 nitrogen and oxygen atoms in total. The van der Waals surface area contributed by atoms with Crippen molar-refractivity contribution in [3.05, 3.63) is 57.6 Å². The Labute approximate surface area is 202 Å². The van der Waals surface area contributed by atoms with Crippen LogP contribution in [0.3, 0.4) is 0 Å². The molecule has 1 heterocycles. The number of hydrogen-bond donors (Lipinski definition) is 2. The number of aliphatic carboxylic acids is 1. The third-order valence-corrected chi connectivity index (χ3v) is 6.74. The third kappa shape index (κ3) is 5.47. The van der Waals surface area contributed by atoms with Crippen LogP contribution in [0.2, 0.25) is 10.0 Å². The van der Waals surface area contributed by atoms with E-state index in [1.165, 1.54) is 4.90 Å². The molecular weight excluding hydrogens is 469 g/mol. The highest BCUT2D eigenvalue weighted by atomic mass is 35.5.